The highest BCUT2D eigenvalue weighted by molar-refractivity contribution is 5.94. The third kappa shape index (κ3) is 5.73. The molecule has 1 atom stereocenters. The second-order valence-corrected chi connectivity index (χ2v) is 5.91. The Balaban J connectivity index is 1.98. The monoisotopic (exact) mass is 354 g/mol. The number of carbonyl (C=O) groups is 3. The molecule has 0 fully saturated rings. The van der Waals surface area contributed by atoms with Gasteiger partial charge < -0.3 is 15.7 Å². The van der Waals surface area contributed by atoms with Crippen LogP contribution < -0.4 is 10.6 Å². The maximum Gasteiger partial charge on any atom is 0.305 e. The summed E-state index contributed by atoms with van der Waals surface area (Å²) in [6.45, 7) is 0. The summed E-state index contributed by atoms with van der Waals surface area (Å²) >= 11 is 0. The second kappa shape index (κ2) is 9.36. The number of carbonyl (C=O) groups excluding carboxylic acids is 2. The van der Waals surface area contributed by atoms with Crippen LogP contribution in [0.3, 0.4) is 0 Å². The Hall–Kier alpha value is -3.15. The van der Waals surface area contributed by atoms with E-state index >= 15 is 0 Å². The standard InChI is InChI=1S/C20H22N2O4/c1-21-20(26)16-9-5-6-14(12-16)10-11-18(23)22-17(13-19(24)25)15-7-3-2-4-8-15/h2-9,12,17H,10-11,13H2,1H3,(H,21,26)(H,22,23)(H,24,25). The molecule has 0 aliphatic carbocycles. The Labute approximate surface area is 152 Å². The molecule has 0 saturated carbocycles. The highest BCUT2D eigenvalue weighted by Crippen LogP contribution is 2.17. The lowest BCUT2D eigenvalue weighted by molar-refractivity contribution is -0.137. The first-order valence-corrected chi connectivity index (χ1v) is 8.36. The number of nitrogens with one attached hydrogen (secondary N) is 2. The van der Waals surface area contributed by atoms with Crippen LogP contribution in [0.1, 0.15) is 40.4 Å². The summed E-state index contributed by atoms with van der Waals surface area (Å²) in [6.07, 6.45) is 0.493. The van der Waals surface area contributed by atoms with Crippen molar-refractivity contribution in [1.82, 2.24) is 10.6 Å². The van der Waals surface area contributed by atoms with Gasteiger partial charge in [-0.3, -0.25) is 14.4 Å². The lowest BCUT2D eigenvalue weighted by atomic mass is 10.0. The number of amides is 2. The number of carboxylic acids is 1. The smallest absolute Gasteiger partial charge is 0.305 e. The van der Waals surface area contributed by atoms with Gasteiger partial charge >= 0.3 is 5.97 Å². The number of benzene rings is 2. The van der Waals surface area contributed by atoms with Crippen molar-refractivity contribution in [3.8, 4) is 0 Å². The first kappa shape index (κ1) is 19.2. The largest absolute Gasteiger partial charge is 0.481 e. The molecule has 0 aliphatic rings. The molecular weight excluding hydrogens is 332 g/mol. The van der Waals surface area contributed by atoms with Crippen molar-refractivity contribution in [2.75, 3.05) is 7.05 Å². The molecule has 0 saturated heterocycles. The minimum absolute atomic E-state index is 0.179. The Morgan fingerprint density at radius 2 is 1.77 bits per heavy atom. The SMILES string of the molecule is CNC(=O)c1cccc(CCC(=O)NC(CC(=O)O)c2ccccc2)c1. The predicted molar refractivity (Wildman–Crippen MR) is 97.7 cm³/mol. The van der Waals surface area contributed by atoms with Crippen LogP contribution in [0, 0.1) is 0 Å². The van der Waals surface area contributed by atoms with E-state index in [-0.39, 0.29) is 24.7 Å². The van der Waals surface area contributed by atoms with Gasteiger partial charge in [0.1, 0.15) is 0 Å². The van der Waals surface area contributed by atoms with Crippen LogP contribution in [0.15, 0.2) is 54.6 Å². The van der Waals surface area contributed by atoms with Crippen LogP contribution in [0.25, 0.3) is 0 Å². The average Bonchev–Trinajstić information content (AvgIpc) is 2.66. The van der Waals surface area contributed by atoms with Crippen LogP contribution in [0.4, 0.5) is 0 Å². The number of carboxylic acid groups (broad SMARTS) is 1. The molecule has 0 aromatic heterocycles. The maximum atomic E-state index is 12.3. The molecule has 6 nitrogen and oxygen atoms in total. The van der Waals surface area contributed by atoms with Gasteiger partial charge in [0, 0.05) is 19.0 Å². The van der Waals surface area contributed by atoms with Crippen LogP contribution in [-0.4, -0.2) is 29.9 Å². The van der Waals surface area contributed by atoms with Crippen molar-refractivity contribution >= 4 is 17.8 Å². The van der Waals surface area contributed by atoms with E-state index in [0.29, 0.717) is 12.0 Å². The van der Waals surface area contributed by atoms with Crippen LogP contribution in [0.5, 0.6) is 0 Å². The van der Waals surface area contributed by atoms with Gasteiger partial charge in [-0.15, -0.1) is 0 Å². The third-order valence-electron chi connectivity index (χ3n) is 3.97. The fraction of sp³-hybridized carbons (Fsp3) is 0.250. The minimum atomic E-state index is -0.975. The van der Waals surface area contributed by atoms with E-state index in [9.17, 15) is 14.4 Å². The van der Waals surface area contributed by atoms with Crippen molar-refractivity contribution in [2.24, 2.45) is 0 Å². The van der Waals surface area contributed by atoms with E-state index < -0.39 is 12.0 Å². The Morgan fingerprint density at radius 3 is 2.42 bits per heavy atom. The van der Waals surface area contributed by atoms with Gasteiger partial charge in [0.2, 0.25) is 5.91 Å². The van der Waals surface area contributed by atoms with Gasteiger partial charge in [0.05, 0.1) is 12.5 Å². The molecule has 2 aromatic rings. The minimum Gasteiger partial charge on any atom is -0.481 e. The molecule has 2 aromatic carbocycles. The summed E-state index contributed by atoms with van der Waals surface area (Å²) < 4.78 is 0. The zero-order valence-electron chi connectivity index (χ0n) is 14.6. The third-order valence-corrected chi connectivity index (χ3v) is 3.97. The predicted octanol–water partition coefficient (Wildman–Crippen LogP) is 2.31. The van der Waals surface area contributed by atoms with Crippen LogP contribution >= 0.6 is 0 Å². The summed E-state index contributed by atoms with van der Waals surface area (Å²) in [5.41, 5.74) is 2.17. The summed E-state index contributed by atoms with van der Waals surface area (Å²) in [4.78, 5) is 35.0. The molecule has 2 rings (SSSR count). The van der Waals surface area contributed by atoms with Crippen molar-refractivity contribution < 1.29 is 19.5 Å². The molecule has 6 heteroatoms. The molecule has 2 amide bonds. The van der Waals surface area contributed by atoms with Crippen molar-refractivity contribution in [1.29, 1.82) is 0 Å². The van der Waals surface area contributed by atoms with E-state index in [1.54, 1.807) is 49.5 Å². The molecule has 26 heavy (non-hydrogen) atoms. The summed E-state index contributed by atoms with van der Waals surface area (Å²) in [5.74, 6) is -1.38. The first-order valence-electron chi connectivity index (χ1n) is 8.36. The summed E-state index contributed by atoms with van der Waals surface area (Å²) in [5, 5.41) is 14.4. The molecule has 0 aliphatic heterocycles. The molecule has 0 bridgehead atoms. The quantitative estimate of drug-likeness (QED) is 0.678. The van der Waals surface area contributed by atoms with E-state index in [1.165, 1.54) is 0 Å². The number of aryl methyl sites for hydroxylation is 1. The summed E-state index contributed by atoms with van der Waals surface area (Å²) in [7, 11) is 1.56. The zero-order valence-corrected chi connectivity index (χ0v) is 14.6. The van der Waals surface area contributed by atoms with Crippen molar-refractivity contribution in [3.63, 3.8) is 0 Å². The lowest BCUT2D eigenvalue weighted by Gasteiger charge is -2.17. The molecule has 0 radical (unpaired) electrons. The molecule has 0 spiro atoms. The van der Waals surface area contributed by atoms with Gasteiger partial charge in [-0.05, 0) is 29.7 Å². The van der Waals surface area contributed by atoms with Crippen molar-refractivity contribution in [2.45, 2.75) is 25.3 Å². The Kier molecular flexibility index (Phi) is 6.91. The highest BCUT2D eigenvalue weighted by Gasteiger charge is 2.17. The number of hydrogen-bond donors (Lipinski definition) is 3. The van der Waals surface area contributed by atoms with E-state index in [2.05, 4.69) is 10.6 Å². The van der Waals surface area contributed by atoms with E-state index in [1.807, 2.05) is 12.1 Å². The Bertz CT molecular complexity index is 774. The lowest BCUT2D eigenvalue weighted by Crippen LogP contribution is -2.30. The average molecular weight is 354 g/mol. The fourth-order valence-corrected chi connectivity index (χ4v) is 2.65. The second-order valence-electron chi connectivity index (χ2n) is 5.91. The van der Waals surface area contributed by atoms with Gasteiger partial charge in [-0.2, -0.15) is 0 Å². The highest BCUT2D eigenvalue weighted by atomic mass is 16.4. The van der Waals surface area contributed by atoms with Gasteiger partial charge in [-0.25, -0.2) is 0 Å². The van der Waals surface area contributed by atoms with Crippen LogP contribution in [-0.2, 0) is 16.0 Å². The normalized spacial score (nSPS) is 11.4. The van der Waals surface area contributed by atoms with Gasteiger partial charge in [0.15, 0.2) is 0 Å². The molecular formula is C20H22N2O4. The summed E-state index contributed by atoms with van der Waals surface area (Å²) in [6, 6.07) is 15.5. The number of rotatable bonds is 8. The molecule has 136 valence electrons. The van der Waals surface area contributed by atoms with E-state index in [4.69, 9.17) is 5.11 Å². The van der Waals surface area contributed by atoms with Gasteiger partial charge in [0.25, 0.3) is 5.91 Å². The first-order chi connectivity index (χ1) is 12.5. The number of aliphatic carboxylic acids is 1. The van der Waals surface area contributed by atoms with Gasteiger partial charge in [-0.1, -0.05) is 42.5 Å². The zero-order chi connectivity index (χ0) is 18.9. The molecule has 3 N–H and O–H groups in total. The van der Waals surface area contributed by atoms with E-state index in [0.717, 1.165) is 11.1 Å². The number of hydrogen-bond acceptors (Lipinski definition) is 3. The Morgan fingerprint density at radius 1 is 1.04 bits per heavy atom. The van der Waals surface area contributed by atoms with Crippen molar-refractivity contribution in [3.05, 3.63) is 71.3 Å². The molecule has 0 heterocycles. The maximum absolute atomic E-state index is 12.3. The molecule has 1 unspecified atom stereocenters. The fourth-order valence-electron chi connectivity index (χ4n) is 2.65. The van der Waals surface area contributed by atoms with Crippen LogP contribution in [0.2, 0.25) is 0 Å². The topological polar surface area (TPSA) is 95.5 Å².